The molecule has 0 bridgehead atoms. The van der Waals surface area contributed by atoms with Gasteiger partial charge in [-0.2, -0.15) is 0 Å². The summed E-state index contributed by atoms with van der Waals surface area (Å²) in [4.78, 5) is 0. The van der Waals surface area contributed by atoms with Crippen molar-refractivity contribution in [1.29, 1.82) is 0 Å². The van der Waals surface area contributed by atoms with Crippen LogP contribution in [-0.4, -0.2) is 23.9 Å². The number of aliphatic hydroxyl groups is 1. The number of methoxy groups -OCH3 is 1. The second-order valence-electron chi connectivity index (χ2n) is 5.62. The fourth-order valence-electron chi connectivity index (χ4n) is 1.97. The molecular weight excluding hydrogens is 224 g/mol. The van der Waals surface area contributed by atoms with Gasteiger partial charge in [-0.05, 0) is 57.6 Å². The Labute approximate surface area is 111 Å². The average Bonchev–Trinajstić information content (AvgIpc) is 2.35. The van der Waals surface area contributed by atoms with Crippen LogP contribution in [0, 0.1) is 6.92 Å². The van der Waals surface area contributed by atoms with Crippen LogP contribution in [-0.2, 0) is 11.2 Å². The van der Waals surface area contributed by atoms with Crippen LogP contribution in [0.2, 0.25) is 0 Å². The SMILES string of the molecule is COC(C)(C)CCC(O)CCc1ccccc1C. The van der Waals surface area contributed by atoms with Crippen molar-refractivity contribution in [2.75, 3.05) is 7.11 Å². The standard InChI is InChI=1S/C16H26O2/c1-13-7-5-6-8-14(13)9-10-15(17)11-12-16(2,3)18-4/h5-8,15,17H,9-12H2,1-4H3. The third-order valence-electron chi connectivity index (χ3n) is 3.64. The molecule has 0 amide bonds. The highest BCUT2D eigenvalue weighted by atomic mass is 16.5. The predicted octanol–water partition coefficient (Wildman–Crippen LogP) is 3.49. The molecule has 1 aromatic carbocycles. The smallest absolute Gasteiger partial charge is 0.0623 e. The third-order valence-corrected chi connectivity index (χ3v) is 3.64. The fourth-order valence-corrected chi connectivity index (χ4v) is 1.97. The Balaban J connectivity index is 2.34. The molecule has 0 fully saturated rings. The molecule has 0 radical (unpaired) electrons. The molecule has 1 aromatic rings. The van der Waals surface area contributed by atoms with Crippen molar-refractivity contribution in [3.05, 3.63) is 35.4 Å². The highest BCUT2D eigenvalue weighted by Crippen LogP contribution is 2.19. The largest absolute Gasteiger partial charge is 0.393 e. The summed E-state index contributed by atoms with van der Waals surface area (Å²) >= 11 is 0. The van der Waals surface area contributed by atoms with E-state index in [9.17, 15) is 5.11 Å². The van der Waals surface area contributed by atoms with Gasteiger partial charge in [0.2, 0.25) is 0 Å². The van der Waals surface area contributed by atoms with Gasteiger partial charge in [-0.3, -0.25) is 0 Å². The topological polar surface area (TPSA) is 29.5 Å². The van der Waals surface area contributed by atoms with Gasteiger partial charge in [-0.15, -0.1) is 0 Å². The number of hydrogen-bond acceptors (Lipinski definition) is 2. The van der Waals surface area contributed by atoms with Gasteiger partial charge in [0.05, 0.1) is 11.7 Å². The van der Waals surface area contributed by atoms with E-state index in [1.165, 1.54) is 11.1 Å². The lowest BCUT2D eigenvalue weighted by molar-refractivity contribution is 0.00230. The molecule has 1 atom stereocenters. The zero-order valence-electron chi connectivity index (χ0n) is 12.1. The Morgan fingerprint density at radius 3 is 2.50 bits per heavy atom. The van der Waals surface area contributed by atoms with Gasteiger partial charge in [0.15, 0.2) is 0 Å². The van der Waals surface area contributed by atoms with Crippen LogP contribution in [0.5, 0.6) is 0 Å². The van der Waals surface area contributed by atoms with Crippen LogP contribution < -0.4 is 0 Å². The minimum Gasteiger partial charge on any atom is -0.393 e. The number of benzene rings is 1. The summed E-state index contributed by atoms with van der Waals surface area (Å²) in [5.41, 5.74) is 2.51. The Morgan fingerprint density at radius 1 is 1.22 bits per heavy atom. The Hall–Kier alpha value is -0.860. The summed E-state index contributed by atoms with van der Waals surface area (Å²) in [6.45, 7) is 6.23. The van der Waals surface area contributed by atoms with Crippen molar-refractivity contribution in [3.63, 3.8) is 0 Å². The van der Waals surface area contributed by atoms with Crippen LogP contribution in [0.1, 0.15) is 44.2 Å². The lowest BCUT2D eigenvalue weighted by atomic mass is 9.96. The first-order valence-electron chi connectivity index (χ1n) is 6.72. The van der Waals surface area contributed by atoms with Crippen LogP contribution in [0.15, 0.2) is 24.3 Å². The van der Waals surface area contributed by atoms with Crippen molar-refractivity contribution >= 4 is 0 Å². The first-order chi connectivity index (χ1) is 8.44. The maximum atomic E-state index is 10.0. The molecule has 1 rings (SSSR count). The molecule has 0 spiro atoms. The van der Waals surface area contributed by atoms with Gasteiger partial charge >= 0.3 is 0 Å². The molecule has 0 aliphatic heterocycles. The fraction of sp³-hybridized carbons (Fsp3) is 0.625. The van der Waals surface area contributed by atoms with Gasteiger partial charge in [0.1, 0.15) is 0 Å². The van der Waals surface area contributed by atoms with Gasteiger partial charge in [0, 0.05) is 7.11 Å². The summed E-state index contributed by atoms with van der Waals surface area (Å²) in [5.74, 6) is 0. The molecule has 0 saturated carbocycles. The Bertz CT molecular complexity index is 358. The quantitative estimate of drug-likeness (QED) is 0.802. The second-order valence-corrected chi connectivity index (χ2v) is 5.62. The summed E-state index contributed by atoms with van der Waals surface area (Å²) in [6, 6.07) is 8.37. The van der Waals surface area contributed by atoms with Crippen LogP contribution >= 0.6 is 0 Å². The lowest BCUT2D eigenvalue weighted by Gasteiger charge is -2.24. The van der Waals surface area contributed by atoms with E-state index in [4.69, 9.17) is 4.74 Å². The first kappa shape index (κ1) is 15.2. The maximum Gasteiger partial charge on any atom is 0.0623 e. The number of ether oxygens (including phenoxy) is 1. The number of hydrogen-bond donors (Lipinski definition) is 1. The Kier molecular flexibility index (Phi) is 5.83. The van der Waals surface area contributed by atoms with E-state index in [0.717, 1.165) is 25.7 Å². The van der Waals surface area contributed by atoms with Crippen molar-refractivity contribution in [3.8, 4) is 0 Å². The zero-order valence-corrected chi connectivity index (χ0v) is 12.1. The van der Waals surface area contributed by atoms with Crippen molar-refractivity contribution in [2.24, 2.45) is 0 Å². The summed E-state index contributed by atoms with van der Waals surface area (Å²) in [5, 5.41) is 10.0. The average molecular weight is 250 g/mol. The molecule has 102 valence electrons. The molecular formula is C16H26O2. The maximum absolute atomic E-state index is 10.0. The van der Waals surface area contributed by atoms with Gasteiger partial charge < -0.3 is 9.84 Å². The molecule has 18 heavy (non-hydrogen) atoms. The minimum atomic E-state index is -0.237. The van der Waals surface area contributed by atoms with E-state index in [2.05, 4.69) is 45.0 Å². The predicted molar refractivity (Wildman–Crippen MR) is 75.8 cm³/mol. The van der Waals surface area contributed by atoms with E-state index in [1.54, 1.807) is 7.11 Å². The molecule has 1 N–H and O–H groups in total. The van der Waals surface area contributed by atoms with E-state index < -0.39 is 0 Å². The number of rotatable bonds is 7. The van der Waals surface area contributed by atoms with Crippen LogP contribution in [0.4, 0.5) is 0 Å². The Morgan fingerprint density at radius 2 is 1.89 bits per heavy atom. The zero-order chi connectivity index (χ0) is 13.6. The van der Waals surface area contributed by atoms with E-state index in [0.29, 0.717) is 0 Å². The lowest BCUT2D eigenvalue weighted by Crippen LogP contribution is -2.24. The molecule has 0 heterocycles. The van der Waals surface area contributed by atoms with Crippen molar-refractivity contribution < 1.29 is 9.84 Å². The van der Waals surface area contributed by atoms with E-state index in [1.807, 2.05) is 0 Å². The van der Waals surface area contributed by atoms with Crippen LogP contribution in [0.3, 0.4) is 0 Å². The summed E-state index contributed by atoms with van der Waals surface area (Å²) < 4.78 is 5.36. The van der Waals surface area contributed by atoms with Crippen molar-refractivity contribution in [1.82, 2.24) is 0 Å². The summed E-state index contributed by atoms with van der Waals surface area (Å²) in [7, 11) is 1.72. The highest BCUT2D eigenvalue weighted by Gasteiger charge is 2.18. The highest BCUT2D eigenvalue weighted by molar-refractivity contribution is 5.25. The third kappa shape index (κ3) is 5.19. The molecule has 2 nitrogen and oxygen atoms in total. The normalized spacial score (nSPS) is 13.6. The number of aryl methyl sites for hydroxylation is 2. The molecule has 0 aliphatic carbocycles. The molecule has 0 aliphatic rings. The monoisotopic (exact) mass is 250 g/mol. The van der Waals surface area contributed by atoms with Gasteiger partial charge in [-0.25, -0.2) is 0 Å². The number of aliphatic hydroxyl groups excluding tert-OH is 1. The van der Waals surface area contributed by atoms with Crippen LogP contribution in [0.25, 0.3) is 0 Å². The van der Waals surface area contributed by atoms with Crippen molar-refractivity contribution in [2.45, 2.75) is 58.2 Å². The molecule has 1 unspecified atom stereocenters. The minimum absolute atomic E-state index is 0.135. The second kappa shape index (κ2) is 6.91. The molecule has 0 saturated heterocycles. The molecule has 0 aromatic heterocycles. The van der Waals surface area contributed by atoms with E-state index >= 15 is 0 Å². The van der Waals surface area contributed by atoms with Gasteiger partial charge in [0.25, 0.3) is 0 Å². The van der Waals surface area contributed by atoms with E-state index in [-0.39, 0.29) is 11.7 Å². The first-order valence-corrected chi connectivity index (χ1v) is 6.72. The summed E-state index contributed by atoms with van der Waals surface area (Å²) in [6.07, 6.45) is 3.22. The molecule has 2 heteroatoms. The van der Waals surface area contributed by atoms with Gasteiger partial charge in [-0.1, -0.05) is 24.3 Å².